The van der Waals surface area contributed by atoms with E-state index < -0.39 is 32.8 Å². The van der Waals surface area contributed by atoms with E-state index in [-0.39, 0.29) is 29.0 Å². The number of benzene rings is 2. The number of carbonyl (C=O) groups is 3. The number of methoxy groups -OCH3 is 2. The van der Waals surface area contributed by atoms with Gasteiger partial charge in [0.2, 0.25) is 0 Å². The van der Waals surface area contributed by atoms with E-state index in [1.807, 2.05) is 6.92 Å². The Balaban J connectivity index is 2.37. The first-order valence-electron chi connectivity index (χ1n) is 8.84. The van der Waals surface area contributed by atoms with Gasteiger partial charge in [-0.1, -0.05) is 6.92 Å². The maximum atomic E-state index is 12.9. The number of esters is 3. The van der Waals surface area contributed by atoms with Crippen molar-refractivity contribution in [1.82, 2.24) is 0 Å². The van der Waals surface area contributed by atoms with Crippen molar-refractivity contribution < 1.29 is 37.0 Å². The molecule has 2 aromatic rings. The number of carbonyl (C=O) groups excluding carboxylic acids is 3. The molecule has 0 atom stereocenters. The van der Waals surface area contributed by atoms with E-state index in [9.17, 15) is 22.8 Å². The first-order valence-corrected chi connectivity index (χ1v) is 10.3. The van der Waals surface area contributed by atoms with E-state index in [0.717, 1.165) is 20.3 Å². The number of rotatable bonds is 8. The van der Waals surface area contributed by atoms with Crippen LogP contribution in [0.5, 0.6) is 0 Å². The van der Waals surface area contributed by atoms with Crippen molar-refractivity contribution in [3.8, 4) is 0 Å². The van der Waals surface area contributed by atoms with E-state index in [4.69, 9.17) is 4.74 Å². The van der Waals surface area contributed by atoms with Gasteiger partial charge in [-0.15, -0.1) is 0 Å². The third-order valence-electron chi connectivity index (χ3n) is 3.91. The lowest BCUT2D eigenvalue weighted by Crippen LogP contribution is -2.19. The van der Waals surface area contributed by atoms with Crippen molar-refractivity contribution in [2.45, 2.75) is 18.2 Å². The fourth-order valence-corrected chi connectivity index (χ4v) is 3.71. The molecule has 0 fully saturated rings. The molecule has 0 amide bonds. The van der Waals surface area contributed by atoms with Crippen LogP contribution < -0.4 is 4.72 Å². The first kappa shape index (κ1) is 22.9. The lowest BCUT2D eigenvalue weighted by molar-refractivity contribution is 0.0503. The van der Waals surface area contributed by atoms with Gasteiger partial charge < -0.3 is 14.2 Å². The van der Waals surface area contributed by atoms with Gasteiger partial charge in [0.1, 0.15) is 4.90 Å². The average Bonchev–Trinajstić information content (AvgIpc) is 2.76. The van der Waals surface area contributed by atoms with Crippen LogP contribution in [-0.2, 0) is 24.2 Å². The van der Waals surface area contributed by atoms with Gasteiger partial charge in [0, 0.05) is 5.69 Å². The molecule has 0 saturated heterocycles. The summed E-state index contributed by atoms with van der Waals surface area (Å²) in [6, 6.07) is 9.01. The molecule has 9 nitrogen and oxygen atoms in total. The van der Waals surface area contributed by atoms with Gasteiger partial charge in [-0.25, -0.2) is 22.8 Å². The number of sulfonamides is 1. The smallest absolute Gasteiger partial charge is 0.339 e. The monoisotopic (exact) mass is 435 g/mol. The number of hydrogen-bond donors (Lipinski definition) is 1. The van der Waals surface area contributed by atoms with Crippen molar-refractivity contribution in [2.75, 3.05) is 25.5 Å². The van der Waals surface area contributed by atoms with E-state index in [1.165, 1.54) is 36.4 Å². The van der Waals surface area contributed by atoms with Crippen LogP contribution in [0.4, 0.5) is 5.69 Å². The molecule has 0 spiro atoms. The summed E-state index contributed by atoms with van der Waals surface area (Å²) < 4.78 is 42.4. The zero-order valence-electron chi connectivity index (χ0n) is 16.6. The Bertz CT molecular complexity index is 1040. The van der Waals surface area contributed by atoms with Gasteiger partial charge in [0.15, 0.2) is 0 Å². The van der Waals surface area contributed by atoms with E-state index in [2.05, 4.69) is 14.2 Å². The Hall–Kier alpha value is -3.40. The van der Waals surface area contributed by atoms with Crippen LogP contribution in [0.1, 0.15) is 44.4 Å². The maximum Gasteiger partial charge on any atom is 0.339 e. The zero-order chi connectivity index (χ0) is 22.3. The summed E-state index contributed by atoms with van der Waals surface area (Å²) in [6.45, 7) is 2.14. The Labute approximate surface area is 174 Å². The quantitative estimate of drug-likeness (QED) is 0.495. The van der Waals surface area contributed by atoms with Gasteiger partial charge >= 0.3 is 17.9 Å². The third-order valence-corrected chi connectivity index (χ3v) is 5.33. The Morgan fingerprint density at radius 2 is 1.47 bits per heavy atom. The van der Waals surface area contributed by atoms with Gasteiger partial charge in [-0.2, -0.15) is 0 Å². The van der Waals surface area contributed by atoms with E-state index in [1.54, 1.807) is 0 Å². The van der Waals surface area contributed by atoms with Crippen LogP contribution in [-0.4, -0.2) is 47.2 Å². The number of anilines is 1. The summed E-state index contributed by atoms with van der Waals surface area (Å²) >= 11 is 0. The van der Waals surface area contributed by atoms with Crippen LogP contribution >= 0.6 is 0 Å². The van der Waals surface area contributed by atoms with Gasteiger partial charge in [-0.3, -0.25) is 4.72 Å². The summed E-state index contributed by atoms with van der Waals surface area (Å²) in [5, 5.41) is 0. The highest BCUT2D eigenvalue weighted by atomic mass is 32.2. The minimum Gasteiger partial charge on any atom is -0.465 e. The number of hydrogen-bond acceptors (Lipinski definition) is 8. The summed E-state index contributed by atoms with van der Waals surface area (Å²) in [5.41, 5.74) is 0.0904. The molecular formula is C20H21NO8S. The first-order chi connectivity index (χ1) is 14.2. The zero-order valence-corrected chi connectivity index (χ0v) is 17.4. The molecule has 2 rings (SSSR count). The largest absolute Gasteiger partial charge is 0.465 e. The second-order valence-corrected chi connectivity index (χ2v) is 7.66. The highest BCUT2D eigenvalue weighted by Crippen LogP contribution is 2.23. The molecule has 0 aliphatic carbocycles. The summed E-state index contributed by atoms with van der Waals surface area (Å²) in [4.78, 5) is 35.2. The molecule has 1 N–H and O–H groups in total. The third kappa shape index (κ3) is 5.35. The van der Waals surface area contributed by atoms with E-state index >= 15 is 0 Å². The number of nitrogens with one attached hydrogen (secondary N) is 1. The minimum absolute atomic E-state index is 0.0560. The van der Waals surface area contributed by atoms with Crippen LogP contribution in [0.15, 0.2) is 47.4 Å². The molecule has 0 bridgehead atoms. The van der Waals surface area contributed by atoms with Crippen molar-refractivity contribution in [3.05, 3.63) is 59.2 Å². The highest BCUT2D eigenvalue weighted by molar-refractivity contribution is 7.92. The Kier molecular flexibility index (Phi) is 7.54. The van der Waals surface area contributed by atoms with Crippen molar-refractivity contribution in [2.24, 2.45) is 0 Å². The van der Waals surface area contributed by atoms with Crippen molar-refractivity contribution in [1.29, 1.82) is 0 Å². The molecule has 0 aliphatic heterocycles. The number of ether oxygens (including phenoxy) is 3. The Morgan fingerprint density at radius 1 is 0.867 bits per heavy atom. The normalized spacial score (nSPS) is 10.8. The lowest BCUT2D eigenvalue weighted by atomic mass is 10.1. The maximum absolute atomic E-state index is 12.9. The summed E-state index contributed by atoms with van der Waals surface area (Å²) in [7, 11) is -2.03. The molecule has 0 saturated carbocycles. The molecule has 0 aliphatic rings. The summed E-state index contributed by atoms with van der Waals surface area (Å²) in [6.07, 6.45) is 0.677. The topological polar surface area (TPSA) is 125 Å². The Morgan fingerprint density at radius 3 is 2.03 bits per heavy atom. The predicted octanol–water partition coefficient (Wildman–Crippen LogP) is 2.63. The molecule has 160 valence electrons. The van der Waals surface area contributed by atoms with Gasteiger partial charge in [0.25, 0.3) is 10.0 Å². The lowest BCUT2D eigenvalue weighted by Gasteiger charge is -2.13. The van der Waals surface area contributed by atoms with Crippen molar-refractivity contribution in [3.63, 3.8) is 0 Å². The molecule has 0 heterocycles. The highest BCUT2D eigenvalue weighted by Gasteiger charge is 2.25. The molecule has 0 aromatic heterocycles. The van der Waals surface area contributed by atoms with Crippen LogP contribution in [0, 0.1) is 0 Å². The molecule has 0 unspecified atom stereocenters. The average molecular weight is 435 g/mol. The van der Waals surface area contributed by atoms with Crippen LogP contribution in [0.2, 0.25) is 0 Å². The molecule has 2 aromatic carbocycles. The van der Waals surface area contributed by atoms with Gasteiger partial charge in [0.05, 0.1) is 37.5 Å². The van der Waals surface area contributed by atoms with E-state index in [0.29, 0.717) is 6.42 Å². The minimum atomic E-state index is -4.29. The standard InChI is InChI=1S/C20H21NO8S/c1-4-11-29-19(23)13-5-8-15(9-6-13)21-30(25,26)17-12-14(18(22)27-2)7-10-16(17)20(24)28-3/h5-10,12,21H,4,11H2,1-3H3. The van der Waals surface area contributed by atoms with Crippen LogP contribution in [0.25, 0.3) is 0 Å². The summed E-state index contributed by atoms with van der Waals surface area (Å²) in [5.74, 6) is -2.18. The fraction of sp³-hybridized carbons (Fsp3) is 0.250. The second-order valence-electron chi connectivity index (χ2n) is 6.01. The predicted molar refractivity (Wildman–Crippen MR) is 107 cm³/mol. The second kappa shape index (κ2) is 9.88. The van der Waals surface area contributed by atoms with Crippen LogP contribution in [0.3, 0.4) is 0 Å². The van der Waals surface area contributed by atoms with Crippen molar-refractivity contribution >= 4 is 33.6 Å². The molecule has 0 radical (unpaired) electrons. The molecule has 10 heteroatoms. The fourth-order valence-electron chi connectivity index (χ4n) is 2.43. The molecule has 30 heavy (non-hydrogen) atoms. The van der Waals surface area contributed by atoms with Gasteiger partial charge in [-0.05, 0) is 48.9 Å². The molecular weight excluding hydrogens is 414 g/mol. The SMILES string of the molecule is CCCOC(=O)c1ccc(NS(=O)(=O)c2cc(C(=O)OC)ccc2C(=O)OC)cc1.